The van der Waals surface area contributed by atoms with E-state index in [9.17, 15) is 24.6 Å². The highest BCUT2D eigenvalue weighted by atomic mass is 32.2. The number of methoxy groups -OCH3 is 1. The number of hydrogen-bond acceptors (Lipinski definition) is 16. The van der Waals surface area contributed by atoms with Crippen molar-refractivity contribution >= 4 is 81.5 Å². The predicted molar refractivity (Wildman–Crippen MR) is 277 cm³/mol. The van der Waals surface area contributed by atoms with E-state index in [1.54, 1.807) is 66.7 Å². The first-order valence-electron chi connectivity index (χ1n) is 24.5. The van der Waals surface area contributed by atoms with Crippen molar-refractivity contribution in [2.45, 2.75) is 93.7 Å². The van der Waals surface area contributed by atoms with Crippen LogP contribution in [0.4, 0.5) is 16.6 Å². The van der Waals surface area contributed by atoms with Crippen molar-refractivity contribution in [3.63, 3.8) is 0 Å². The van der Waals surface area contributed by atoms with Crippen LogP contribution in [-0.2, 0) is 23.6 Å². The van der Waals surface area contributed by atoms with Gasteiger partial charge < -0.3 is 61.3 Å². The molecule has 0 bridgehead atoms. The average molecular weight is 1030 g/mol. The first-order chi connectivity index (χ1) is 35.0. The molecule has 20 nitrogen and oxygen atoms in total. The van der Waals surface area contributed by atoms with Gasteiger partial charge in [0.25, 0.3) is 5.91 Å². The lowest BCUT2D eigenvalue weighted by molar-refractivity contribution is -0.121. The van der Waals surface area contributed by atoms with E-state index < -0.39 is 37.6 Å². The molecule has 4 amide bonds. The van der Waals surface area contributed by atoms with Crippen molar-refractivity contribution in [1.29, 1.82) is 0 Å². The van der Waals surface area contributed by atoms with Crippen LogP contribution in [0.5, 0.6) is 0 Å². The summed E-state index contributed by atoms with van der Waals surface area (Å²) >= 11 is 1.88. The standard InChI is InChI=1S/C50H64N11O9PS/c1-3-22-52-28-36-42(63)43(64)48(70-36)61-45-41(44(51)55-30-56-45)58-49(61)60-47(68-2)34-21-20-31(27-37(34)71(67,32-14-6-4-7-15-32)33-16-8-5-9-17-33)46(65)54-24-13-26-69-25-12-23-53-39(62)19-11-10-18-38-40-35(29-72-38)57-50(66)59-40/h4-9,14-17,20-21,27,30,35-36,38,40,42-43,48,52,63-64H,3,10-13,18-19,22-26,28-29H2,1-2H3,(H,53,62)(H,54,65)(H2,51,55,56)(H2,57,59,66)/t35-,36+,38-,40-,42?,43-,48+/m0/s1. The molecule has 5 aromatic rings. The van der Waals surface area contributed by atoms with Gasteiger partial charge in [0, 0.05) is 77.3 Å². The van der Waals surface area contributed by atoms with E-state index in [4.69, 9.17) is 24.9 Å². The van der Waals surface area contributed by atoms with Crippen LogP contribution in [0.3, 0.4) is 0 Å². The number of carbonyl (C=O) groups is 3. The van der Waals surface area contributed by atoms with Crippen molar-refractivity contribution in [3.8, 4) is 0 Å². The van der Waals surface area contributed by atoms with E-state index in [0.717, 1.165) is 31.4 Å². The molecule has 2 aromatic heterocycles. The molecule has 1 unspecified atom stereocenters. The zero-order valence-corrected chi connectivity index (χ0v) is 42.2. The predicted octanol–water partition coefficient (Wildman–Crippen LogP) is 2.76. The number of thioether (sulfide) groups is 1. The number of fused-ring (bicyclic) bond motifs is 2. The van der Waals surface area contributed by atoms with Crippen molar-refractivity contribution in [2.24, 2.45) is 4.99 Å². The molecule has 3 saturated heterocycles. The van der Waals surface area contributed by atoms with E-state index >= 15 is 4.57 Å². The maximum Gasteiger partial charge on any atom is 0.315 e. The highest BCUT2D eigenvalue weighted by molar-refractivity contribution is 8.00. The number of anilines is 1. The van der Waals surface area contributed by atoms with Gasteiger partial charge in [0.15, 0.2) is 30.4 Å². The van der Waals surface area contributed by atoms with Crippen molar-refractivity contribution in [1.82, 2.24) is 46.1 Å². The summed E-state index contributed by atoms with van der Waals surface area (Å²) in [4.78, 5) is 56.0. The summed E-state index contributed by atoms with van der Waals surface area (Å²) in [6.45, 7) is 4.61. The molecule has 3 aliphatic rings. The quantitative estimate of drug-likeness (QED) is 0.0145. The van der Waals surface area contributed by atoms with Crippen molar-refractivity contribution < 1.29 is 43.4 Å². The van der Waals surface area contributed by atoms with E-state index in [-0.39, 0.29) is 75.8 Å². The molecule has 0 spiro atoms. The molecular weight excluding hydrogens is 962 g/mol. The van der Waals surface area contributed by atoms with Gasteiger partial charge in [-0.15, -0.1) is 0 Å². The third kappa shape index (κ3) is 11.9. The lowest BCUT2D eigenvalue weighted by Gasteiger charge is -2.24. The van der Waals surface area contributed by atoms with Gasteiger partial charge in [-0.25, -0.2) is 19.7 Å². The monoisotopic (exact) mass is 1030 g/mol. The van der Waals surface area contributed by atoms with Crippen LogP contribution in [0.1, 0.15) is 74.0 Å². The van der Waals surface area contributed by atoms with Gasteiger partial charge in [-0.3, -0.25) is 14.2 Å². The molecule has 8 rings (SSSR count). The number of aliphatic imine (C=N–C) groups is 1. The number of carbonyl (C=O) groups excluding carboxylic acids is 3. The number of nitrogens with one attached hydrogen (secondary N) is 5. The van der Waals surface area contributed by atoms with E-state index in [1.807, 2.05) is 30.8 Å². The van der Waals surface area contributed by atoms with E-state index in [0.29, 0.717) is 68.0 Å². The summed E-state index contributed by atoms with van der Waals surface area (Å²) in [5, 5.41) is 39.3. The zero-order valence-electron chi connectivity index (χ0n) is 40.4. The smallest absolute Gasteiger partial charge is 0.315 e. The topological polar surface area (TPSA) is 279 Å². The number of nitrogens with zero attached hydrogens (tertiary/aromatic N) is 5. The number of amides is 4. The van der Waals surface area contributed by atoms with E-state index in [2.05, 4.69) is 41.5 Å². The van der Waals surface area contributed by atoms with Crippen LogP contribution in [-0.4, -0.2) is 141 Å². The van der Waals surface area contributed by atoms with Gasteiger partial charge >= 0.3 is 6.03 Å². The molecule has 0 radical (unpaired) electrons. The zero-order chi connectivity index (χ0) is 50.6. The fourth-order valence-corrected chi connectivity index (χ4v) is 13.6. The third-order valence-corrected chi connectivity index (χ3v) is 17.5. The lowest BCUT2D eigenvalue weighted by atomic mass is 10.0. The molecule has 0 aliphatic carbocycles. The fraction of sp³-hybridized carbons (Fsp3) is 0.460. The van der Waals surface area contributed by atoms with Crippen molar-refractivity contribution in [2.75, 3.05) is 58.0 Å². The number of hydrogen-bond donors (Lipinski definition) is 8. The second-order valence-corrected chi connectivity index (χ2v) is 21.9. The number of ether oxygens (including phenoxy) is 3. The number of nitrogen functional groups attached to an aromatic ring is 1. The first kappa shape index (κ1) is 52.4. The largest absolute Gasteiger partial charge is 0.480 e. The SMILES string of the molecule is CCCNC[C@H]1O[C@@H](n2c(N=C(OC)c3ccc(C(=O)NCCCOCCCNC(=O)CCCC[C@@H]4SC[C@@H]5NC(=O)N[C@@H]54)cc3P(=O)(c3ccccc3)c3ccccc3)nc3c(N)ncnc32)[C@@H](O)C1O. The van der Waals surface area contributed by atoms with Crippen LogP contribution in [0, 0.1) is 0 Å². The summed E-state index contributed by atoms with van der Waals surface area (Å²) in [6, 6.07) is 23.1. The maximum atomic E-state index is 16.1. The van der Waals surface area contributed by atoms with Gasteiger partial charge in [0.1, 0.15) is 24.6 Å². The summed E-state index contributed by atoms with van der Waals surface area (Å²) in [5.41, 5.74) is 7.18. The number of urea groups is 1. The molecular formula is C50H64N11O9PS. The molecule has 3 aliphatic heterocycles. The van der Waals surface area contributed by atoms with Crippen LogP contribution in [0.2, 0.25) is 0 Å². The Bertz CT molecular complexity index is 2690. The molecule has 5 heterocycles. The first-order valence-corrected chi connectivity index (χ1v) is 27.3. The Morgan fingerprint density at radius 2 is 1.67 bits per heavy atom. The molecule has 22 heteroatoms. The fourth-order valence-electron chi connectivity index (χ4n) is 9.23. The molecule has 384 valence electrons. The summed E-state index contributed by atoms with van der Waals surface area (Å²) in [7, 11) is -2.40. The molecule has 7 atom stereocenters. The minimum absolute atomic E-state index is 0.0129. The summed E-state index contributed by atoms with van der Waals surface area (Å²) in [6.07, 6.45) is 1.77. The highest BCUT2D eigenvalue weighted by Gasteiger charge is 2.46. The molecule has 3 fully saturated rings. The Kier molecular flexibility index (Phi) is 17.9. The number of aliphatic hydroxyl groups is 2. The third-order valence-electron chi connectivity index (χ3n) is 12.9. The number of aromatic nitrogens is 4. The maximum absolute atomic E-state index is 16.1. The number of benzene rings is 3. The number of rotatable bonds is 24. The van der Waals surface area contributed by atoms with Crippen LogP contribution in [0.25, 0.3) is 11.2 Å². The second kappa shape index (κ2) is 24.7. The van der Waals surface area contributed by atoms with Crippen LogP contribution in [0.15, 0.2) is 90.2 Å². The second-order valence-electron chi connectivity index (χ2n) is 17.9. The van der Waals surface area contributed by atoms with Crippen molar-refractivity contribution in [3.05, 3.63) is 96.3 Å². The van der Waals surface area contributed by atoms with E-state index in [1.165, 1.54) is 18.0 Å². The molecule has 72 heavy (non-hydrogen) atoms. The normalized spacial score (nSPS) is 21.9. The number of unbranched alkanes of at least 4 members (excludes halogenated alkanes) is 1. The van der Waals surface area contributed by atoms with Gasteiger partial charge in [0.05, 0.1) is 19.2 Å². The summed E-state index contributed by atoms with van der Waals surface area (Å²) < 4.78 is 35.6. The lowest BCUT2D eigenvalue weighted by Crippen LogP contribution is -2.37. The Hall–Kier alpha value is -5.93. The molecule has 3 aromatic carbocycles. The van der Waals surface area contributed by atoms with Crippen LogP contribution < -0.4 is 48.2 Å². The van der Waals surface area contributed by atoms with Crippen LogP contribution >= 0.6 is 18.9 Å². The highest BCUT2D eigenvalue weighted by Crippen LogP contribution is 2.44. The molecule has 0 saturated carbocycles. The minimum atomic E-state index is -3.81. The summed E-state index contributed by atoms with van der Waals surface area (Å²) in [5.74, 6) is 0.490. The van der Waals surface area contributed by atoms with Gasteiger partial charge in [-0.2, -0.15) is 16.8 Å². The Morgan fingerprint density at radius 3 is 2.38 bits per heavy atom. The Morgan fingerprint density at radius 1 is 0.944 bits per heavy atom. The minimum Gasteiger partial charge on any atom is -0.480 e. The Labute approximate surface area is 422 Å². The average Bonchev–Trinajstić information content (AvgIpc) is 4.15. The van der Waals surface area contributed by atoms with Gasteiger partial charge in [0.2, 0.25) is 17.8 Å². The molecule has 9 N–H and O–H groups in total. The van der Waals surface area contributed by atoms with Gasteiger partial charge in [-0.1, -0.05) is 74.0 Å². The number of nitrogens with two attached hydrogens (primary N) is 1. The Balaban J connectivity index is 0.950. The van der Waals surface area contributed by atoms with Gasteiger partial charge in [-0.05, 0) is 56.8 Å². The number of aliphatic hydroxyl groups excluding tert-OH is 2. The number of imidazole rings is 1.